The monoisotopic (exact) mass is 378 g/mol. The summed E-state index contributed by atoms with van der Waals surface area (Å²) in [5, 5.41) is 6.60. The van der Waals surface area contributed by atoms with Crippen molar-refractivity contribution in [3.05, 3.63) is 70.9 Å². The highest BCUT2D eigenvalue weighted by Crippen LogP contribution is 2.30. The molecular formula is C18H14ClF3N4. The summed E-state index contributed by atoms with van der Waals surface area (Å²) in [6.45, 7) is 1.79. The predicted octanol–water partition coefficient (Wildman–Crippen LogP) is 5.94. The zero-order chi connectivity index (χ0) is 18.7. The molecule has 0 aliphatic heterocycles. The minimum atomic E-state index is -4.36. The number of hydrogen-bond acceptors (Lipinski definition) is 4. The van der Waals surface area contributed by atoms with Gasteiger partial charge in [-0.2, -0.15) is 18.2 Å². The van der Waals surface area contributed by atoms with E-state index in [0.29, 0.717) is 28.2 Å². The van der Waals surface area contributed by atoms with E-state index in [0.717, 1.165) is 17.8 Å². The summed E-state index contributed by atoms with van der Waals surface area (Å²) in [5.74, 6) is 0.809. The normalized spacial score (nSPS) is 11.3. The number of nitrogens with one attached hydrogen (secondary N) is 2. The van der Waals surface area contributed by atoms with Crippen molar-refractivity contribution in [2.75, 3.05) is 10.6 Å². The van der Waals surface area contributed by atoms with Crippen LogP contribution in [0.15, 0.2) is 54.6 Å². The number of aromatic nitrogens is 2. The maximum absolute atomic E-state index is 12.6. The van der Waals surface area contributed by atoms with Crippen LogP contribution in [0.2, 0.25) is 5.02 Å². The van der Waals surface area contributed by atoms with Gasteiger partial charge < -0.3 is 10.6 Å². The van der Waals surface area contributed by atoms with Gasteiger partial charge in [-0.1, -0.05) is 17.7 Å². The van der Waals surface area contributed by atoms with Gasteiger partial charge in [0.2, 0.25) is 5.95 Å². The van der Waals surface area contributed by atoms with E-state index in [2.05, 4.69) is 20.6 Å². The number of benzene rings is 2. The third-order valence-electron chi connectivity index (χ3n) is 3.42. The maximum atomic E-state index is 12.6. The van der Waals surface area contributed by atoms with Crippen molar-refractivity contribution in [1.29, 1.82) is 0 Å². The van der Waals surface area contributed by atoms with Gasteiger partial charge in [0.05, 0.1) is 5.56 Å². The van der Waals surface area contributed by atoms with E-state index in [1.54, 1.807) is 31.2 Å². The zero-order valence-corrected chi connectivity index (χ0v) is 14.4. The van der Waals surface area contributed by atoms with E-state index >= 15 is 0 Å². The van der Waals surface area contributed by atoms with Crippen molar-refractivity contribution in [2.45, 2.75) is 13.1 Å². The molecule has 3 aromatic rings. The second-order valence-electron chi connectivity index (χ2n) is 5.55. The van der Waals surface area contributed by atoms with Crippen molar-refractivity contribution in [3.8, 4) is 0 Å². The van der Waals surface area contributed by atoms with Gasteiger partial charge in [-0.05, 0) is 49.4 Å². The van der Waals surface area contributed by atoms with Crippen molar-refractivity contribution in [2.24, 2.45) is 0 Å². The number of halogens is 4. The van der Waals surface area contributed by atoms with E-state index in [1.165, 1.54) is 12.1 Å². The van der Waals surface area contributed by atoms with Crippen LogP contribution in [0.25, 0.3) is 0 Å². The third kappa shape index (κ3) is 4.64. The van der Waals surface area contributed by atoms with Crippen LogP contribution in [-0.4, -0.2) is 9.97 Å². The highest BCUT2D eigenvalue weighted by Gasteiger charge is 2.29. The second-order valence-corrected chi connectivity index (χ2v) is 5.99. The average Bonchev–Trinajstić information content (AvgIpc) is 2.54. The fourth-order valence-electron chi connectivity index (χ4n) is 2.27. The Hall–Kier alpha value is -2.80. The molecule has 8 heteroatoms. The topological polar surface area (TPSA) is 49.8 Å². The van der Waals surface area contributed by atoms with E-state index in [9.17, 15) is 13.2 Å². The molecule has 0 spiro atoms. The molecule has 1 heterocycles. The molecule has 0 amide bonds. The molecule has 0 radical (unpaired) electrons. The lowest BCUT2D eigenvalue weighted by atomic mass is 10.2. The van der Waals surface area contributed by atoms with Crippen LogP contribution in [0, 0.1) is 6.92 Å². The minimum absolute atomic E-state index is 0.349. The number of hydrogen-bond donors (Lipinski definition) is 2. The van der Waals surface area contributed by atoms with Gasteiger partial charge >= 0.3 is 6.18 Å². The Balaban J connectivity index is 1.79. The summed E-state index contributed by atoms with van der Waals surface area (Å²) >= 11 is 5.95. The molecule has 2 N–H and O–H groups in total. The first kappa shape index (κ1) is 18.0. The lowest BCUT2D eigenvalue weighted by Crippen LogP contribution is -2.05. The fraction of sp³-hybridized carbons (Fsp3) is 0.111. The first-order chi connectivity index (χ1) is 12.3. The van der Waals surface area contributed by atoms with Crippen molar-refractivity contribution in [1.82, 2.24) is 9.97 Å². The predicted molar refractivity (Wildman–Crippen MR) is 96.2 cm³/mol. The van der Waals surface area contributed by atoms with Gasteiger partial charge in [-0.3, -0.25) is 0 Å². The molecule has 0 atom stereocenters. The van der Waals surface area contributed by atoms with Crippen LogP contribution in [0.4, 0.5) is 36.3 Å². The average molecular weight is 379 g/mol. The van der Waals surface area contributed by atoms with Crippen LogP contribution in [0.1, 0.15) is 11.3 Å². The van der Waals surface area contributed by atoms with E-state index in [4.69, 9.17) is 11.6 Å². The quantitative estimate of drug-likeness (QED) is 0.589. The summed E-state index contributed by atoms with van der Waals surface area (Å²) in [4.78, 5) is 8.62. The minimum Gasteiger partial charge on any atom is -0.340 e. The van der Waals surface area contributed by atoms with E-state index in [-0.39, 0.29) is 0 Å². The number of nitrogens with zero attached hydrogens (tertiary/aromatic N) is 2. The summed E-state index contributed by atoms with van der Waals surface area (Å²) in [5.41, 5.74) is 1.21. The standard InChI is InChI=1S/C18H14ClF3N4/c1-11-9-16(24-14-7-5-12(6-8-14)18(20,21)22)26-17(23-11)25-15-4-2-3-13(19)10-15/h2-10H,1H3,(H2,23,24,25,26). The van der Waals surface area contributed by atoms with Gasteiger partial charge in [-0.25, -0.2) is 4.98 Å². The van der Waals surface area contributed by atoms with Crippen LogP contribution in [0.5, 0.6) is 0 Å². The lowest BCUT2D eigenvalue weighted by Gasteiger charge is -2.11. The molecule has 0 saturated carbocycles. The van der Waals surface area contributed by atoms with Gasteiger partial charge in [0, 0.05) is 28.2 Å². The Morgan fingerprint density at radius 1 is 0.885 bits per heavy atom. The maximum Gasteiger partial charge on any atom is 0.416 e. The lowest BCUT2D eigenvalue weighted by molar-refractivity contribution is -0.137. The number of rotatable bonds is 4. The zero-order valence-electron chi connectivity index (χ0n) is 13.6. The van der Waals surface area contributed by atoms with Crippen LogP contribution in [-0.2, 0) is 6.18 Å². The molecule has 0 aliphatic carbocycles. The molecule has 0 bridgehead atoms. The van der Waals surface area contributed by atoms with Gasteiger partial charge in [0.15, 0.2) is 0 Å². The van der Waals surface area contributed by atoms with Crippen LogP contribution < -0.4 is 10.6 Å². The SMILES string of the molecule is Cc1cc(Nc2ccc(C(F)(F)F)cc2)nc(Nc2cccc(Cl)c2)n1. The Kier molecular flexibility index (Phi) is 4.99. The summed E-state index contributed by atoms with van der Waals surface area (Å²) < 4.78 is 37.9. The first-order valence-corrected chi connectivity index (χ1v) is 8.00. The van der Waals surface area contributed by atoms with E-state index < -0.39 is 11.7 Å². The number of alkyl halides is 3. The number of aryl methyl sites for hydroxylation is 1. The third-order valence-corrected chi connectivity index (χ3v) is 3.65. The second kappa shape index (κ2) is 7.21. The molecule has 2 aromatic carbocycles. The van der Waals surface area contributed by atoms with Crippen LogP contribution >= 0.6 is 11.6 Å². The van der Waals surface area contributed by atoms with Crippen molar-refractivity contribution >= 4 is 34.7 Å². The highest BCUT2D eigenvalue weighted by molar-refractivity contribution is 6.30. The van der Waals surface area contributed by atoms with Crippen LogP contribution in [0.3, 0.4) is 0 Å². The summed E-state index contributed by atoms with van der Waals surface area (Å²) in [6, 6.07) is 13.5. The first-order valence-electron chi connectivity index (χ1n) is 7.62. The smallest absolute Gasteiger partial charge is 0.340 e. The Morgan fingerprint density at radius 3 is 2.27 bits per heavy atom. The largest absolute Gasteiger partial charge is 0.416 e. The Morgan fingerprint density at radius 2 is 1.62 bits per heavy atom. The van der Waals surface area contributed by atoms with Crippen molar-refractivity contribution < 1.29 is 13.2 Å². The highest BCUT2D eigenvalue weighted by atomic mass is 35.5. The molecule has 134 valence electrons. The molecule has 0 saturated heterocycles. The molecule has 4 nitrogen and oxygen atoms in total. The van der Waals surface area contributed by atoms with Crippen molar-refractivity contribution in [3.63, 3.8) is 0 Å². The molecule has 1 aromatic heterocycles. The Bertz CT molecular complexity index is 911. The Labute approximate surface area is 153 Å². The van der Waals surface area contributed by atoms with E-state index in [1.807, 2.05) is 6.07 Å². The van der Waals surface area contributed by atoms with Gasteiger partial charge in [-0.15, -0.1) is 0 Å². The molecule has 0 fully saturated rings. The molecule has 0 aliphatic rings. The molecular weight excluding hydrogens is 365 g/mol. The summed E-state index contributed by atoms with van der Waals surface area (Å²) in [6.07, 6.45) is -4.36. The fourth-order valence-corrected chi connectivity index (χ4v) is 2.46. The van der Waals surface area contributed by atoms with Gasteiger partial charge in [0.1, 0.15) is 5.82 Å². The molecule has 26 heavy (non-hydrogen) atoms. The number of anilines is 4. The molecule has 3 rings (SSSR count). The molecule has 0 unspecified atom stereocenters. The van der Waals surface area contributed by atoms with Gasteiger partial charge in [0.25, 0.3) is 0 Å². The summed E-state index contributed by atoms with van der Waals surface area (Å²) in [7, 11) is 0.